The minimum atomic E-state index is 0.0879. The van der Waals surface area contributed by atoms with Crippen molar-refractivity contribution >= 4 is 5.91 Å². The van der Waals surface area contributed by atoms with Crippen molar-refractivity contribution < 1.29 is 9.53 Å². The lowest BCUT2D eigenvalue weighted by molar-refractivity contribution is -0.121. The predicted octanol–water partition coefficient (Wildman–Crippen LogP) is 1.16. The molecular weight excluding hydrogens is 216 g/mol. The molecule has 3 unspecified atom stereocenters. The number of hydrogen-bond donors (Lipinski definition) is 2. The lowest BCUT2D eigenvalue weighted by Crippen LogP contribution is -2.47. The molecular formula is C13H26N2O2. The van der Waals surface area contributed by atoms with Gasteiger partial charge in [-0.25, -0.2) is 0 Å². The van der Waals surface area contributed by atoms with Crippen LogP contribution < -0.4 is 10.6 Å². The molecule has 4 nitrogen and oxygen atoms in total. The Kier molecular flexibility index (Phi) is 5.92. The molecule has 1 aliphatic heterocycles. The molecule has 0 saturated carbocycles. The Morgan fingerprint density at radius 1 is 1.41 bits per heavy atom. The fourth-order valence-electron chi connectivity index (χ4n) is 1.88. The van der Waals surface area contributed by atoms with Crippen LogP contribution in [0.4, 0.5) is 0 Å². The second-order valence-electron chi connectivity index (χ2n) is 5.43. The van der Waals surface area contributed by atoms with Crippen molar-refractivity contribution in [3.63, 3.8) is 0 Å². The first-order valence-corrected chi connectivity index (χ1v) is 6.61. The van der Waals surface area contributed by atoms with Crippen LogP contribution in [-0.4, -0.2) is 37.7 Å². The van der Waals surface area contributed by atoms with Gasteiger partial charge in [0.25, 0.3) is 0 Å². The molecule has 1 saturated heterocycles. The molecule has 0 aliphatic carbocycles. The third-order valence-electron chi connectivity index (χ3n) is 3.55. The SMILES string of the molecule is CC(C)C(C)NC(=O)CNC1CCOCC1C. The summed E-state index contributed by atoms with van der Waals surface area (Å²) in [7, 11) is 0. The third kappa shape index (κ3) is 5.04. The molecule has 1 aliphatic rings. The largest absolute Gasteiger partial charge is 0.381 e. The Balaban J connectivity index is 2.23. The summed E-state index contributed by atoms with van der Waals surface area (Å²) in [6.07, 6.45) is 0.994. The molecule has 100 valence electrons. The van der Waals surface area contributed by atoms with Gasteiger partial charge in [-0.3, -0.25) is 4.79 Å². The number of ether oxygens (including phenoxy) is 1. The first kappa shape index (κ1) is 14.5. The van der Waals surface area contributed by atoms with Crippen LogP contribution in [0.5, 0.6) is 0 Å². The fourth-order valence-corrected chi connectivity index (χ4v) is 1.88. The second kappa shape index (κ2) is 6.97. The first-order valence-electron chi connectivity index (χ1n) is 6.61. The molecule has 0 aromatic carbocycles. The van der Waals surface area contributed by atoms with Gasteiger partial charge in [-0.1, -0.05) is 20.8 Å². The molecule has 1 heterocycles. The van der Waals surface area contributed by atoms with Crippen LogP contribution in [-0.2, 0) is 9.53 Å². The molecule has 0 spiro atoms. The van der Waals surface area contributed by atoms with E-state index in [1.807, 2.05) is 6.92 Å². The average Bonchev–Trinajstić information content (AvgIpc) is 2.27. The second-order valence-corrected chi connectivity index (χ2v) is 5.43. The maximum atomic E-state index is 11.7. The number of nitrogens with one attached hydrogen (secondary N) is 2. The molecule has 1 amide bonds. The Hall–Kier alpha value is -0.610. The van der Waals surface area contributed by atoms with Gasteiger partial charge in [-0.15, -0.1) is 0 Å². The van der Waals surface area contributed by atoms with E-state index in [2.05, 4.69) is 31.4 Å². The highest BCUT2D eigenvalue weighted by Crippen LogP contribution is 2.13. The lowest BCUT2D eigenvalue weighted by Gasteiger charge is -2.29. The topological polar surface area (TPSA) is 50.4 Å². The quantitative estimate of drug-likeness (QED) is 0.760. The molecule has 1 rings (SSSR count). The van der Waals surface area contributed by atoms with Gasteiger partial charge >= 0.3 is 0 Å². The van der Waals surface area contributed by atoms with Gasteiger partial charge in [-0.05, 0) is 25.2 Å². The van der Waals surface area contributed by atoms with E-state index in [1.165, 1.54) is 0 Å². The van der Waals surface area contributed by atoms with E-state index in [0.717, 1.165) is 19.6 Å². The van der Waals surface area contributed by atoms with Crippen molar-refractivity contribution in [1.29, 1.82) is 0 Å². The standard InChI is InChI=1S/C13H26N2O2/c1-9(2)11(4)15-13(16)7-14-12-5-6-17-8-10(12)3/h9-12,14H,5-8H2,1-4H3,(H,15,16). The van der Waals surface area contributed by atoms with E-state index in [1.54, 1.807) is 0 Å². The van der Waals surface area contributed by atoms with E-state index in [0.29, 0.717) is 24.4 Å². The van der Waals surface area contributed by atoms with E-state index >= 15 is 0 Å². The molecule has 0 bridgehead atoms. The molecule has 0 radical (unpaired) electrons. The highest BCUT2D eigenvalue weighted by molar-refractivity contribution is 5.78. The van der Waals surface area contributed by atoms with E-state index in [9.17, 15) is 4.79 Å². The van der Waals surface area contributed by atoms with Crippen LogP contribution in [0.1, 0.15) is 34.1 Å². The van der Waals surface area contributed by atoms with Crippen molar-refractivity contribution in [2.45, 2.75) is 46.2 Å². The van der Waals surface area contributed by atoms with Crippen LogP contribution in [0.2, 0.25) is 0 Å². The van der Waals surface area contributed by atoms with Crippen molar-refractivity contribution in [3.8, 4) is 0 Å². The summed E-state index contributed by atoms with van der Waals surface area (Å²) in [6, 6.07) is 0.639. The summed E-state index contributed by atoms with van der Waals surface area (Å²) in [5.74, 6) is 1.05. The van der Waals surface area contributed by atoms with E-state index < -0.39 is 0 Å². The number of rotatable bonds is 5. The van der Waals surface area contributed by atoms with Gasteiger partial charge in [0.2, 0.25) is 5.91 Å². The minimum Gasteiger partial charge on any atom is -0.381 e. The van der Waals surface area contributed by atoms with Gasteiger partial charge in [0.05, 0.1) is 13.2 Å². The van der Waals surface area contributed by atoms with Crippen LogP contribution >= 0.6 is 0 Å². The monoisotopic (exact) mass is 242 g/mol. The van der Waals surface area contributed by atoms with Crippen LogP contribution in [0.25, 0.3) is 0 Å². The van der Waals surface area contributed by atoms with Gasteiger partial charge in [0, 0.05) is 18.7 Å². The van der Waals surface area contributed by atoms with Gasteiger partial charge < -0.3 is 15.4 Å². The normalized spacial score (nSPS) is 26.9. The Morgan fingerprint density at radius 3 is 2.71 bits per heavy atom. The van der Waals surface area contributed by atoms with Crippen molar-refractivity contribution in [3.05, 3.63) is 0 Å². The molecule has 0 aromatic rings. The highest BCUT2D eigenvalue weighted by atomic mass is 16.5. The molecule has 2 N–H and O–H groups in total. The fraction of sp³-hybridized carbons (Fsp3) is 0.923. The third-order valence-corrected chi connectivity index (χ3v) is 3.55. The van der Waals surface area contributed by atoms with Gasteiger partial charge in [-0.2, -0.15) is 0 Å². The summed E-state index contributed by atoms with van der Waals surface area (Å²) in [5.41, 5.74) is 0. The number of amides is 1. The maximum absolute atomic E-state index is 11.7. The minimum absolute atomic E-state index is 0.0879. The summed E-state index contributed by atoms with van der Waals surface area (Å²) in [5, 5.41) is 6.32. The van der Waals surface area contributed by atoms with E-state index in [-0.39, 0.29) is 11.9 Å². The summed E-state index contributed by atoms with van der Waals surface area (Å²) < 4.78 is 5.37. The Labute approximate surface area is 104 Å². The van der Waals surface area contributed by atoms with Crippen LogP contribution in [0, 0.1) is 11.8 Å². The average molecular weight is 242 g/mol. The zero-order valence-electron chi connectivity index (χ0n) is 11.5. The molecule has 1 fully saturated rings. The molecule has 17 heavy (non-hydrogen) atoms. The molecule has 0 aromatic heterocycles. The van der Waals surface area contributed by atoms with Crippen molar-refractivity contribution in [1.82, 2.24) is 10.6 Å². The summed E-state index contributed by atoms with van der Waals surface area (Å²) in [4.78, 5) is 11.7. The molecule has 4 heteroatoms. The predicted molar refractivity (Wildman–Crippen MR) is 68.8 cm³/mol. The van der Waals surface area contributed by atoms with Crippen molar-refractivity contribution in [2.24, 2.45) is 11.8 Å². The lowest BCUT2D eigenvalue weighted by atomic mass is 9.98. The van der Waals surface area contributed by atoms with Crippen LogP contribution in [0.3, 0.4) is 0 Å². The van der Waals surface area contributed by atoms with E-state index in [4.69, 9.17) is 4.74 Å². The first-order chi connectivity index (χ1) is 8.00. The zero-order valence-corrected chi connectivity index (χ0v) is 11.5. The number of hydrogen-bond acceptors (Lipinski definition) is 3. The number of carbonyl (C=O) groups is 1. The highest BCUT2D eigenvalue weighted by Gasteiger charge is 2.22. The summed E-state index contributed by atoms with van der Waals surface area (Å²) in [6.45, 7) is 10.4. The van der Waals surface area contributed by atoms with Crippen molar-refractivity contribution in [2.75, 3.05) is 19.8 Å². The van der Waals surface area contributed by atoms with Gasteiger partial charge in [0.1, 0.15) is 0 Å². The number of carbonyl (C=O) groups excluding carboxylic acids is 1. The Bertz CT molecular complexity index is 244. The van der Waals surface area contributed by atoms with Gasteiger partial charge in [0.15, 0.2) is 0 Å². The zero-order chi connectivity index (χ0) is 12.8. The summed E-state index contributed by atoms with van der Waals surface area (Å²) >= 11 is 0. The maximum Gasteiger partial charge on any atom is 0.234 e. The smallest absolute Gasteiger partial charge is 0.234 e. The Morgan fingerprint density at radius 2 is 2.12 bits per heavy atom. The molecule has 3 atom stereocenters. The van der Waals surface area contributed by atoms with Crippen LogP contribution in [0.15, 0.2) is 0 Å².